The quantitative estimate of drug-likeness (QED) is 0.671. The Labute approximate surface area is 187 Å². The maximum atomic E-state index is 12.7. The number of nitrogens with one attached hydrogen (secondary N) is 1. The maximum Gasteiger partial charge on any atom is 0.261 e. The highest BCUT2D eigenvalue weighted by Gasteiger charge is 2.31. The van der Waals surface area contributed by atoms with Crippen LogP contribution in [0.2, 0.25) is 5.02 Å². The van der Waals surface area contributed by atoms with Crippen LogP contribution in [0.3, 0.4) is 0 Å². The SMILES string of the molecule is COc1ccc(CCNC(=O)[C@@H]2CCN(S(C)(=O)=O)c3cc(Cl)ccc3O2)cc1OC. The summed E-state index contributed by atoms with van der Waals surface area (Å²) in [5.74, 6) is 1.25. The normalized spacial score (nSPS) is 16.0. The van der Waals surface area contributed by atoms with E-state index in [1.54, 1.807) is 26.4 Å². The Morgan fingerprint density at radius 3 is 2.61 bits per heavy atom. The van der Waals surface area contributed by atoms with Crippen molar-refractivity contribution >= 4 is 33.2 Å². The molecule has 3 rings (SSSR count). The van der Waals surface area contributed by atoms with Gasteiger partial charge in [0.1, 0.15) is 5.75 Å². The molecule has 1 aliphatic rings. The second kappa shape index (κ2) is 9.65. The van der Waals surface area contributed by atoms with Gasteiger partial charge in [-0.25, -0.2) is 8.42 Å². The third-order valence-corrected chi connectivity index (χ3v) is 6.32. The topological polar surface area (TPSA) is 94.2 Å². The molecule has 1 amide bonds. The molecule has 1 atom stereocenters. The first-order chi connectivity index (χ1) is 14.7. The minimum Gasteiger partial charge on any atom is -0.493 e. The van der Waals surface area contributed by atoms with Crippen molar-refractivity contribution in [2.24, 2.45) is 0 Å². The number of benzene rings is 2. The number of carbonyl (C=O) groups is 1. The first kappa shape index (κ1) is 23.0. The summed E-state index contributed by atoms with van der Waals surface area (Å²) >= 11 is 6.04. The first-order valence-corrected chi connectivity index (χ1v) is 11.9. The van der Waals surface area contributed by atoms with Gasteiger partial charge in [0.15, 0.2) is 17.6 Å². The number of fused-ring (bicyclic) bond motifs is 1. The molecule has 0 spiro atoms. The largest absolute Gasteiger partial charge is 0.493 e. The summed E-state index contributed by atoms with van der Waals surface area (Å²) in [6.07, 6.45) is 1.08. The molecule has 0 bridgehead atoms. The second-order valence-electron chi connectivity index (χ2n) is 7.07. The summed E-state index contributed by atoms with van der Waals surface area (Å²) in [6.45, 7) is 0.497. The van der Waals surface area contributed by atoms with Gasteiger partial charge >= 0.3 is 0 Å². The van der Waals surface area contributed by atoms with Gasteiger partial charge in [-0.2, -0.15) is 0 Å². The first-order valence-electron chi connectivity index (χ1n) is 9.65. The summed E-state index contributed by atoms with van der Waals surface area (Å²) < 4.78 is 42.0. The molecule has 0 unspecified atom stereocenters. The number of rotatable bonds is 7. The van der Waals surface area contributed by atoms with E-state index in [1.165, 1.54) is 10.4 Å². The molecule has 31 heavy (non-hydrogen) atoms. The zero-order valence-corrected chi connectivity index (χ0v) is 19.1. The van der Waals surface area contributed by atoms with Crippen molar-refractivity contribution < 1.29 is 27.4 Å². The van der Waals surface area contributed by atoms with Gasteiger partial charge in [-0.05, 0) is 42.3 Å². The Bertz CT molecular complexity index is 1060. The van der Waals surface area contributed by atoms with Crippen molar-refractivity contribution in [1.29, 1.82) is 0 Å². The third-order valence-electron chi connectivity index (χ3n) is 4.91. The number of hydrogen-bond acceptors (Lipinski definition) is 6. The molecular formula is C21H25ClN2O6S. The molecule has 0 aromatic heterocycles. The average molecular weight is 469 g/mol. The number of anilines is 1. The number of methoxy groups -OCH3 is 2. The lowest BCUT2D eigenvalue weighted by molar-refractivity contribution is -0.128. The molecular weight excluding hydrogens is 444 g/mol. The molecule has 2 aromatic carbocycles. The van der Waals surface area contributed by atoms with Gasteiger partial charge < -0.3 is 19.5 Å². The molecule has 168 valence electrons. The average Bonchev–Trinajstić information content (AvgIpc) is 2.92. The fraction of sp³-hybridized carbons (Fsp3) is 0.381. The summed E-state index contributed by atoms with van der Waals surface area (Å²) in [7, 11) is -0.415. The van der Waals surface area contributed by atoms with E-state index in [9.17, 15) is 13.2 Å². The summed E-state index contributed by atoms with van der Waals surface area (Å²) in [4.78, 5) is 12.7. The van der Waals surface area contributed by atoms with Crippen LogP contribution in [0.5, 0.6) is 17.2 Å². The van der Waals surface area contributed by atoms with Crippen LogP contribution in [0.25, 0.3) is 0 Å². The third kappa shape index (κ3) is 5.54. The molecule has 2 aromatic rings. The van der Waals surface area contributed by atoms with Gasteiger partial charge in [-0.3, -0.25) is 9.10 Å². The number of ether oxygens (including phenoxy) is 3. The summed E-state index contributed by atoms with van der Waals surface area (Å²) in [6, 6.07) is 10.3. The lowest BCUT2D eigenvalue weighted by Gasteiger charge is -2.21. The van der Waals surface area contributed by atoms with Gasteiger partial charge in [-0.1, -0.05) is 17.7 Å². The van der Waals surface area contributed by atoms with Crippen molar-refractivity contribution in [3.05, 3.63) is 47.0 Å². The molecule has 1 heterocycles. The van der Waals surface area contributed by atoms with Crippen LogP contribution in [0, 0.1) is 0 Å². The van der Waals surface area contributed by atoms with Crippen molar-refractivity contribution in [1.82, 2.24) is 5.32 Å². The van der Waals surface area contributed by atoms with E-state index >= 15 is 0 Å². The van der Waals surface area contributed by atoms with Gasteiger partial charge in [0, 0.05) is 24.5 Å². The molecule has 1 aliphatic heterocycles. The van der Waals surface area contributed by atoms with E-state index < -0.39 is 16.1 Å². The van der Waals surface area contributed by atoms with Crippen LogP contribution in [-0.4, -0.2) is 54.0 Å². The zero-order valence-electron chi connectivity index (χ0n) is 17.6. The van der Waals surface area contributed by atoms with Gasteiger partial charge in [-0.15, -0.1) is 0 Å². The Morgan fingerprint density at radius 2 is 1.94 bits per heavy atom. The van der Waals surface area contributed by atoms with Crippen LogP contribution in [-0.2, 0) is 21.2 Å². The second-order valence-corrected chi connectivity index (χ2v) is 9.42. The molecule has 1 N–H and O–H groups in total. The van der Waals surface area contributed by atoms with E-state index in [4.69, 9.17) is 25.8 Å². The van der Waals surface area contributed by atoms with E-state index in [0.717, 1.165) is 11.8 Å². The zero-order chi connectivity index (χ0) is 22.6. The molecule has 8 nitrogen and oxygen atoms in total. The number of nitrogens with zero attached hydrogens (tertiary/aromatic N) is 1. The predicted octanol–water partition coefficient (Wildman–Crippen LogP) is 2.63. The van der Waals surface area contributed by atoms with Crippen molar-refractivity contribution in [3.8, 4) is 17.2 Å². The monoisotopic (exact) mass is 468 g/mol. The van der Waals surface area contributed by atoms with Crippen molar-refractivity contribution in [3.63, 3.8) is 0 Å². The number of sulfonamides is 1. The van der Waals surface area contributed by atoms with Gasteiger partial charge in [0.2, 0.25) is 10.0 Å². The highest BCUT2D eigenvalue weighted by Crippen LogP contribution is 2.36. The Hall–Kier alpha value is -2.65. The molecule has 0 fully saturated rings. The summed E-state index contributed by atoms with van der Waals surface area (Å²) in [5, 5.41) is 3.24. The van der Waals surface area contributed by atoms with Crippen molar-refractivity contribution in [2.45, 2.75) is 18.9 Å². The summed E-state index contributed by atoms with van der Waals surface area (Å²) in [5.41, 5.74) is 1.30. The molecule has 0 saturated heterocycles. The van der Waals surface area contributed by atoms with Crippen molar-refractivity contribution in [2.75, 3.05) is 37.9 Å². The number of halogens is 1. The number of carbonyl (C=O) groups excluding carboxylic acids is 1. The molecule has 10 heteroatoms. The lowest BCUT2D eigenvalue weighted by atomic mass is 10.1. The Morgan fingerprint density at radius 1 is 1.19 bits per heavy atom. The minimum absolute atomic E-state index is 0.111. The van der Waals surface area contributed by atoms with Crippen LogP contribution in [0.1, 0.15) is 12.0 Å². The lowest BCUT2D eigenvalue weighted by Crippen LogP contribution is -2.40. The maximum absolute atomic E-state index is 12.7. The van der Waals surface area contributed by atoms with Crippen LogP contribution in [0.15, 0.2) is 36.4 Å². The van der Waals surface area contributed by atoms with Gasteiger partial charge in [0.25, 0.3) is 5.91 Å². The fourth-order valence-corrected chi connectivity index (χ4v) is 4.46. The highest BCUT2D eigenvalue weighted by atomic mass is 35.5. The Kier molecular flexibility index (Phi) is 7.17. The molecule has 0 aliphatic carbocycles. The van der Waals surface area contributed by atoms with E-state index in [1.807, 2.05) is 18.2 Å². The van der Waals surface area contributed by atoms with E-state index in [-0.39, 0.29) is 18.9 Å². The van der Waals surface area contributed by atoms with Crippen LogP contribution < -0.4 is 23.8 Å². The molecule has 0 radical (unpaired) electrons. The van der Waals surface area contributed by atoms with Crippen LogP contribution in [0.4, 0.5) is 5.69 Å². The number of amides is 1. The Balaban J connectivity index is 1.67. The van der Waals surface area contributed by atoms with Gasteiger partial charge in [0.05, 0.1) is 26.2 Å². The van der Waals surface area contributed by atoms with Crippen LogP contribution >= 0.6 is 11.6 Å². The number of hydrogen-bond donors (Lipinski definition) is 1. The highest BCUT2D eigenvalue weighted by molar-refractivity contribution is 7.92. The van der Waals surface area contributed by atoms with E-state index in [2.05, 4.69) is 5.32 Å². The van der Waals surface area contributed by atoms with E-state index in [0.29, 0.717) is 40.9 Å². The fourth-order valence-electron chi connectivity index (χ4n) is 3.36. The minimum atomic E-state index is -3.55. The standard InChI is InChI=1S/C21H25ClN2O6S/c1-28-18-6-4-14(12-20(18)29-2)8-10-23-21(25)19-9-11-24(31(3,26)27)16-13-15(22)5-7-17(16)30-19/h4-7,12-13,19H,8-11H2,1-3H3,(H,23,25)/t19-/m0/s1. The smallest absolute Gasteiger partial charge is 0.261 e. The molecule has 0 saturated carbocycles. The predicted molar refractivity (Wildman–Crippen MR) is 119 cm³/mol.